The van der Waals surface area contributed by atoms with Gasteiger partial charge in [0.2, 0.25) is 0 Å². The molecule has 1 unspecified atom stereocenters. The molecule has 0 radical (unpaired) electrons. The van der Waals surface area contributed by atoms with Crippen molar-refractivity contribution in [2.75, 3.05) is 13.7 Å². The third-order valence-electron chi connectivity index (χ3n) is 5.03. The van der Waals surface area contributed by atoms with Crippen molar-refractivity contribution in [3.8, 4) is 6.07 Å². The number of rotatable bonds is 7. The molecule has 26 heavy (non-hydrogen) atoms. The molecule has 0 amide bonds. The molecule has 5 heteroatoms. The summed E-state index contributed by atoms with van der Waals surface area (Å²) < 4.78 is 12.6. The number of hydrogen-bond acceptors (Lipinski definition) is 4. The molecule has 1 aliphatic carbocycles. The van der Waals surface area contributed by atoms with Crippen molar-refractivity contribution in [1.29, 1.82) is 5.26 Å². The molecule has 0 N–H and O–H groups in total. The average Bonchev–Trinajstić information content (AvgIpc) is 3.25. The molecule has 2 aromatic rings. The van der Waals surface area contributed by atoms with Crippen LogP contribution in [-0.2, 0) is 16.0 Å². The van der Waals surface area contributed by atoms with Crippen LogP contribution in [0.25, 0.3) is 10.9 Å². The van der Waals surface area contributed by atoms with Crippen LogP contribution in [0.3, 0.4) is 0 Å². The standard InChI is InChI=1S/C21H24N2O3/c1-3-26-21(24)17-6-8-19-16(13-17)10-12-23(19)11-4-5-15-7-9-20(25-2)18(15)14-22/h6,8,10,12-13,15H,3-5,7,9,11H2,1-2H3. The van der Waals surface area contributed by atoms with Crippen LogP contribution in [0.2, 0.25) is 0 Å². The van der Waals surface area contributed by atoms with Crippen molar-refractivity contribution in [3.05, 3.63) is 47.4 Å². The molecule has 3 rings (SSSR count). The fourth-order valence-electron chi connectivity index (χ4n) is 3.71. The minimum Gasteiger partial charge on any atom is -0.500 e. The number of ether oxygens (including phenoxy) is 2. The van der Waals surface area contributed by atoms with Crippen LogP contribution in [0, 0.1) is 17.2 Å². The van der Waals surface area contributed by atoms with E-state index in [4.69, 9.17) is 9.47 Å². The van der Waals surface area contributed by atoms with E-state index in [2.05, 4.69) is 16.8 Å². The van der Waals surface area contributed by atoms with Crippen molar-refractivity contribution >= 4 is 16.9 Å². The highest BCUT2D eigenvalue weighted by molar-refractivity contribution is 5.94. The van der Waals surface area contributed by atoms with E-state index in [0.717, 1.165) is 54.5 Å². The lowest BCUT2D eigenvalue weighted by Crippen LogP contribution is -2.05. The topological polar surface area (TPSA) is 64.2 Å². The SMILES string of the molecule is CCOC(=O)c1ccc2c(ccn2CCCC2CCC(OC)=C2C#N)c1. The second kappa shape index (κ2) is 8.09. The summed E-state index contributed by atoms with van der Waals surface area (Å²) in [7, 11) is 1.64. The summed E-state index contributed by atoms with van der Waals surface area (Å²) in [4.78, 5) is 11.9. The fraction of sp³-hybridized carbons (Fsp3) is 0.429. The lowest BCUT2D eigenvalue weighted by atomic mass is 9.96. The molecule has 1 heterocycles. The van der Waals surface area contributed by atoms with Crippen LogP contribution in [0.1, 0.15) is 43.0 Å². The van der Waals surface area contributed by atoms with E-state index in [9.17, 15) is 10.1 Å². The predicted molar refractivity (Wildman–Crippen MR) is 99.5 cm³/mol. The molecule has 136 valence electrons. The molecule has 0 spiro atoms. The van der Waals surface area contributed by atoms with Crippen LogP contribution in [0.4, 0.5) is 0 Å². The van der Waals surface area contributed by atoms with E-state index in [1.807, 2.05) is 24.3 Å². The Bertz CT molecular complexity index is 873. The summed E-state index contributed by atoms with van der Waals surface area (Å²) in [6, 6.07) is 10.0. The molecule has 0 fully saturated rings. The first-order valence-corrected chi connectivity index (χ1v) is 9.11. The molecular weight excluding hydrogens is 328 g/mol. The molecule has 0 saturated heterocycles. The van der Waals surface area contributed by atoms with Crippen LogP contribution < -0.4 is 0 Å². The maximum Gasteiger partial charge on any atom is 0.338 e. The summed E-state index contributed by atoms with van der Waals surface area (Å²) in [5.41, 5.74) is 2.51. The Balaban J connectivity index is 1.64. The van der Waals surface area contributed by atoms with E-state index < -0.39 is 0 Å². The first kappa shape index (κ1) is 18.1. The number of nitriles is 1. The van der Waals surface area contributed by atoms with Gasteiger partial charge < -0.3 is 14.0 Å². The summed E-state index contributed by atoms with van der Waals surface area (Å²) in [5, 5.41) is 10.4. The molecule has 0 aliphatic heterocycles. The number of methoxy groups -OCH3 is 1. The van der Waals surface area contributed by atoms with Gasteiger partial charge in [0.1, 0.15) is 5.76 Å². The highest BCUT2D eigenvalue weighted by Crippen LogP contribution is 2.35. The third kappa shape index (κ3) is 3.60. The van der Waals surface area contributed by atoms with Gasteiger partial charge in [-0.3, -0.25) is 0 Å². The minimum atomic E-state index is -0.284. The molecule has 1 atom stereocenters. The Morgan fingerprint density at radius 2 is 2.23 bits per heavy atom. The molecule has 0 bridgehead atoms. The van der Waals surface area contributed by atoms with Crippen LogP contribution >= 0.6 is 0 Å². The van der Waals surface area contributed by atoms with E-state index in [-0.39, 0.29) is 5.97 Å². The van der Waals surface area contributed by atoms with Crippen molar-refractivity contribution < 1.29 is 14.3 Å². The Kier molecular flexibility index (Phi) is 5.62. The largest absolute Gasteiger partial charge is 0.500 e. The zero-order valence-electron chi connectivity index (χ0n) is 15.3. The number of aromatic nitrogens is 1. The van der Waals surface area contributed by atoms with Crippen LogP contribution in [0.5, 0.6) is 0 Å². The van der Waals surface area contributed by atoms with Gasteiger partial charge in [0, 0.05) is 30.1 Å². The van der Waals surface area contributed by atoms with Gasteiger partial charge >= 0.3 is 5.97 Å². The molecule has 1 aliphatic rings. The Labute approximate surface area is 153 Å². The van der Waals surface area contributed by atoms with Gasteiger partial charge in [-0.1, -0.05) is 0 Å². The summed E-state index contributed by atoms with van der Waals surface area (Å²) in [6.07, 6.45) is 5.90. The number of carbonyl (C=O) groups excluding carboxylic acids is 1. The molecule has 5 nitrogen and oxygen atoms in total. The number of allylic oxidation sites excluding steroid dienone is 2. The highest BCUT2D eigenvalue weighted by Gasteiger charge is 2.26. The highest BCUT2D eigenvalue weighted by atomic mass is 16.5. The number of benzene rings is 1. The maximum atomic E-state index is 11.9. The van der Waals surface area contributed by atoms with Crippen molar-refractivity contribution in [3.63, 3.8) is 0 Å². The van der Waals surface area contributed by atoms with E-state index in [1.165, 1.54) is 0 Å². The van der Waals surface area contributed by atoms with Crippen LogP contribution in [-0.4, -0.2) is 24.3 Å². The van der Waals surface area contributed by atoms with Gasteiger partial charge in [0.25, 0.3) is 0 Å². The fourth-order valence-corrected chi connectivity index (χ4v) is 3.71. The second-order valence-electron chi connectivity index (χ2n) is 6.53. The third-order valence-corrected chi connectivity index (χ3v) is 5.03. The monoisotopic (exact) mass is 352 g/mol. The van der Waals surface area contributed by atoms with E-state index in [1.54, 1.807) is 14.0 Å². The zero-order valence-corrected chi connectivity index (χ0v) is 15.3. The summed E-state index contributed by atoms with van der Waals surface area (Å²) in [5.74, 6) is 0.885. The number of nitrogens with zero attached hydrogens (tertiary/aromatic N) is 2. The van der Waals surface area contributed by atoms with Crippen molar-refractivity contribution in [2.45, 2.75) is 39.2 Å². The maximum absolute atomic E-state index is 11.9. The van der Waals surface area contributed by atoms with Gasteiger partial charge in [-0.05, 0) is 56.4 Å². The van der Waals surface area contributed by atoms with Gasteiger partial charge in [0.15, 0.2) is 0 Å². The lowest BCUT2D eigenvalue weighted by molar-refractivity contribution is 0.0526. The predicted octanol–water partition coefficient (Wildman–Crippen LogP) is 4.43. The molecule has 0 saturated carbocycles. The Morgan fingerprint density at radius 1 is 1.38 bits per heavy atom. The van der Waals surface area contributed by atoms with Crippen LogP contribution in [0.15, 0.2) is 41.8 Å². The minimum absolute atomic E-state index is 0.284. The lowest BCUT2D eigenvalue weighted by Gasteiger charge is -2.11. The second-order valence-corrected chi connectivity index (χ2v) is 6.53. The summed E-state index contributed by atoms with van der Waals surface area (Å²) in [6.45, 7) is 3.07. The first-order chi connectivity index (χ1) is 12.7. The Hall–Kier alpha value is -2.74. The Morgan fingerprint density at radius 3 is 2.96 bits per heavy atom. The molecular formula is C21H24N2O3. The summed E-state index contributed by atoms with van der Waals surface area (Å²) >= 11 is 0. The average molecular weight is 352 g/mol. The first-order valence-electron chi connectivity index (χ1n) is 9.11. The van der Waals surface area contributed by atoms with Gasteiger partial charge in [-0.15, -0.1) is 0 Å². The number of hydrogen-bond donors (Lipinski definition) is 0. The number of fused-ring (bicyclic) bond motifs is 1. The van der Waals surface area contributed by atoms with Gasteiger partial charge in [-0.25, -0.2) is 4.79 Å². The smallest absolute Gasteiger partial charge is 0.338 e. The number of aryl methyl sites for hydroxylation is 1. The molecule has 1 aromatic carbocycles. The molecule has 1 aromatic heterocycles. The van der Waals surface area contributed by atoms with Crippen molar-refractivity contribution in [2.24, 2.45) is 5.92 Å². The van der Waals surface area contributed by atoms with Gasteiger partial charge in [-0.2, -0.15) is 5.26 Å². The normalized spacial score (nSPS) is 16.7. The quantitative estimate of drug-likeness (QED) is 0.691. The van der Waals surface area contributed by atoms with E-state index in [0.29, 0.717) is 18.1 Å². The zero-order chi connectivity index (χ0) is 18.5. The number of esters is 1. The van der Waals surface area contributed by atoms with Gasteiger partial charge in [0.05, 0.1) is 30.9 Å². The number of carbonyl (C=O) groups is 1. The van der Waals surface area contributed by atoms with E-state index >= 15 is 0 Å². The van der Waals surface area contributed by atoms with Crippen molar-refractivity contribution in [1.82, 2.24) is 4.57 Å².